The van der Waals surface area contributed by atoms with Crippen molar-refractivity contribution in [2.45, 2.75) is 33.2 Å². The second-order valence-electron chi connectivity index (χ2n) is 6.91. The molecule has 1 aromatic heterocycles. The lowest BCUT2D eigenvalue weighted by molar-refractivity contribution is 0.0954. The van der Waals surface area contributed by atoms with E-state index in [9.17, 15) is 4.79 Å². The number of aryl methyl sites for hydroxylation is 2. The van der Waals surface area contributed by atoms with Crippen LogP contribution in [-0.4, -0.2) is 47.8 Å². The monoisotopic (exact) mass is 438 g/mol. The first-order valence-corrected chi connectivity index (χ1v) is 10.2. The summed E-state index contributed by atoms with van der Waals surface area (Å²) in [6, 6.07) is 4.97. The zero-order chi connectivity index (χ0) is 21.6. The third-order valence-electron chi connectivity index (χ3n) is 4.66. The van der Waals surface area contributed by atoms with Crippen LogP contribution in [0, 0.1) is 13.8 Å². The highest BCUT2D eigenvalue weighted by Crippen LogP contribution is 2.22. The molecule has 1 heterocycles. The van der Waals surface area contributed by atoms with E-state index in [0.717, 1.165) is 12.1 Å². The summed E-state index contributed by atoms with van der Waals surface area (Å²) in [5, 5.41) is 14.7. The SMILES string of the molecule is CN=C(NCCNC(=O)c1ccc(Cl)c(Cl)c1)NC(C)Cc1c(C)nn(C)c1C. The third kappa shape index (κ3) is 6.37. The highest BCUT2D eigenvalue weighted by Gasteiger charge is 2.14. The molecular weight excluding hydrogens is 411 g/mol. The lowest BCUT2D eigenvalue weighted by Crippen LogP contribution is -2.45. The number of aromatic nitrogens is 2. The summed E-state index contributed by atoms with van der Waals surface area (Å²) >= 11 is 11.8. The van der Waals surface area contributed by atoms with Gasteiger partial charge in [0.1, 0.15) is 0 Å². The van der Waals surface area contributed by atoms with Crippen molar-refractivity contribution in [3.05, 3.63) is 50.8 Å². The molecule has 0 fully saturated rings. The fourth-order valence-corrected chi connectivity index (χ4v) is 3.29. The Balaban J connectivity index is 1.78. The Labute approximate surface area is 181 Å². The predicted octanol–water partition coefficient (Wildman–Crippen LogP) is 2.87. The molecule has 3 N–H and O–H groups in total. The van der Waals surface area contributed by atoms with Crippen molar-refractivity contribution >= 4 is 35.1 Å². The Morgan fingerprint density at radius 2 is 1.90 bits per heavy atom. The van der Waals surface area contributed by atoms with E-state index in [1.54, 1.807) is 25.2 Å². The number of aliphatic imine (C=N–C) groups is 1. The first-order chi connectivity index (χ1) is 13.7. The molecule has 0 saturated carbocycles. The van der Waals surface area contributed by atoms with Gasteiger partial charge in [-0.05, 0) is 51.0 Å². The minimum Gasteiger partial charge on any atom is -0.355 e. The van der Waals surface area contributed by atoms with Crippen molar-refractivity contribution in [2.24, 2.45) is 12.0 Å². The number of amides is 1. The predicted molar refractivity (Wildman–Crippen MR) is 119 cm³/mol. The molecule has 1 amide bonds. The van der Waals surface area contributed by atoms with Crippen LogP contribution in [0.4, 0.5) is 0 Å². The lowest BCUT2D eigenvalue weighted by Gasteiger charge is -2.18. The van der Waals surface area contributed by atoms with Crippen molar-refractivity contribution < 1.29 is 4.79 Å². The van der Waals surface area contributed by atoms with E-state index in [1.165, 1.54) is 11.3 Å². The molecule has 0 aliphatic rings. The zero-order valence-electron chi connectivity index (χ0n) is 17.4. The van der Waals surface area contributed by atoms with Crippen molar-refractivity contribution in [1.82, 2.24) is 25.7 Å². The maximum absolute atomic E-state index is 12.2. The van der Waals surface area contributed by atoms with Crippen LogP contribution in [0.5, 0.6) is 0 Å². The second kappa shape index (κ2) is 10.5. The van der Waals surface area contributed by atoms with Crippen molar-refractivity contribution in [2.75, 3.05) is 20.1 Å². The molecule has 0 saturated heterocycles. The molecule has 158 valence electrons. The average molecular weight is 439 g/mol. The summed E-state index contributed by atoms with van der Waals surface area (Å²) < 4.78 is 1.90. The van der Waals surface area contributed by atoms with E-state index in [0.29, 0.717) is 34.7 Å². The largest absolute Gasteiger partial charge is 0.355 e. The molecule has 2 rings (SSSR count). The molecule has 0 radical (unpaired) electrons. The Hall–Kier alpha value is -2.25. The summed E-state index contributed by atoms with van der Waals surface area (Å²) in [7, 11) is 3.67. The molecule has 9 heteroatoms. The lowest BCUT2D eigenvalue weighted by atomic mass is 10.1. The molecule has 0 spiro atoms. The number of rotatable bonds is 7. The maximum Gasteiger partial charge on any atom is 0.251 e. The van der Waals surface area contributed by atoms with Crippen LogP contribution < -0.4 is 16.0 Å². The highest BCUT2D eigenvalue weighted by atomic mass is 35.5. The highest BCUT2D eigenvalue weighted by molar-refractivity contribution is 6.42. The van der Waals surface area contributed by atoms with Gasteiger partial charge >= 0.3 is 0 Å². The molecule has 1 unspecified atom stereocenters. The van der Waals surface area contributed by atoms with Gasteiger partial charge in [0.25, 0.3) is 5.91 Å². The summed E-state index contributed by atoms with van der Waals surface area (Å²) in [6.45, 7) is 7.18. The van der Waals surface area contributed by atoms with Crippen molar-refractivity contribution in [3.8, 4) is 0 Å². The van der Waals surface area contributed by atoms with Gasteiger partial charge in [-0.15, -0.1) is 0 Å². The normalized spacial score (nSPS) is 12.6. The van der Waals surface area contributed by atoms with Gasteiger partial charge in [-0.2, -0.15) is 5.10 Å². The van der Waals surface area contributed by atoms with E-state index in [2.05, 4.69) is 39.9 Å². The summed E-state index contributed by atoms with van der Waals surface area (Å²) in [4.78, 5) is 16.4. The fraction of sp³-hybridized carbons (Fsp3) is 0.450. The van der Waals surface area contributed by atoms with Gasteiger partial charge in [0.05, 0.1) is 15.7 Å². The number of carbonyl (C=O) groups is 1. The Morgan fingerprint density at radius 3 is 2.48 bits per heavy atom. The average Bonchev–Trinajstić information content (AvgIpc) is 2.92. The van der Waals surface area contributed by atoms with Crippen LogP contribution in [0.1, 0.15) is 34.2 Å². The Bertz CT molecular complexity index is 893. The Kier molecular flexibility index (Phi) is 8.34. The van der Waals surface area contributed by atoms with Gasteiger partial charge in [0, 0.05) is 44.5 Å². The fourth-order valence-electron chi connectivity index (χ4n) is 2.99. The summed E-state index contributed by atoms with van der Waals surface area (Å²) in [5.41, 5.74) is 3.94. The molecule has 29 heavy (non-hydrogen) atoms. The standard InChI is InChI=1S/C20H28Cl2N6O/c1-12(10-16-13(2)27-28(5)14(16)3)26-20(23-4)25-9-8-24-19(29)15-6-7-17(21)18(22)11-15/h6-7,11-12H,8-10H2,1-5H3,(H,24,29)(H2,23,25,26). The zero-order valence-corrected chi connectivity index (χ0v) is 18.9. The summed E-state index contributed by atoms with van der Waals surface area (Å²) in [6.07, 6.45) is 0.847. The molecule has 0 aliphatic carbocycles. The van der Waals surface area contributed by atoms with Gasteiger partial charge in [0.2, 0.25) is 0 Å². The quantitative estimate of drug-likeness (QED) is 0.352. The molecule has 0 bridgehead atoms. The number of benzene rings is 1. The van der Waals surface area contributed by atoms with E-state index < -0.39 is 0 Å². The molecule has 2 aromatic rings. The first-order valence-electron chi connectivity index (χ1n) is 9.42. The molecule has 0 aliphatic heterocycles. The van der Waals surface area contributed by atoms with Gasteiger partial charge < -0.3 is 16.0 Å². The minimum atomic E-state index is -0.204. The van der Waals surface area contributed by atoms with Crippen LogP contribution in [-0.2, 0) is 13.5 Å². The number of nitrogens with zero attached hydrogens (tertiary/aromatic N) is 3. The van der Waals surface area contributed by atoms with Crippen LogP contribution in [0.3, 0.4) is 0 Å². The van der Waals surface area contributed by atoms with E-state index in [1.807, 2.05) is 18.7 Å². The van der Waals surface area contributed by atoms with Crippen LogP contribution in [0.2, 0.25) is 10.0 Å². The van der Waals surface area contributed by atoms with Gasteiger partial charge in [0.15, 0.2) is 5.96 Å². The number of nitrogens with one attached hydrogen (secondary N) is 3. The topological polar surface area (TPSA) is 83.3 Å². The molecule has 1 aromatic carbocycles. The van der Waals surface area contributed by atoms with Gasteiger partial charge in [-0.1, -0.05) is 23.2 Å². The Morgan fingerprint density at radius 1 is 1.21 bits per heavy atom. The number of hydrogen-bond acceptors (Lipinski definition) is 3. The van der Waals surface area contributed by atoms with Crippen molar-refractivity contribution in [3.63, 3.8) is 0 Å². The smallest absolute Gasteiger partial charge is 0.251 e. The number of halogens is 2. The van der Waals surface area contributed by atoms with Crippen molar-refractivity contribution in [1.29, 1.82) is 0 Å². The number of carbonyl (C=O) groups excluding carboxylic acids is 1. The van der Waals surface area contributed by atoms with Gasteiger partial charge in [-0.3, -0.25) is 14.5 Å². The van der Waals surface area contributed by atoms with Gasteiger partial charge in [-0.25, -0.2) is 0 Å². The van der Waals surface area contributed by atoms with Crippen LogP contribution >= 0.6 is 23.2 Å². The molecular formula is C20H28Cl2N6O. The molecule has 7 nitrogen and oxygen atoms in total. The van der Waals surface area contributed by atoms with E-state index in [4.69, 9.17) is 23.2 Å². The first kappa shape index (κ1) is 23.0. The van der Waals surface area contributed by atoms with E-state index >= 15 is 0 Å². The summed E-state index contributed by atoms with van der Waals surface area (Å²) in [5.74, 6) is 0.477. The van der Waals surface area contributed by atoms with E-state index in [-0.39, 0.29) is 11.9 Å². The maximum atomic E-state index is 12.2. The van der Waals surface area contributed by atoms with Crippen LogP contribution in [0.15, 0.2) is 23.2 Å². The second-order valence-corrected chi connectivity index (χ2v) is 7.72. The number of guanidine groups is 1. The third-order valence-corrected chi connectivity index (χ3v) is 5.40. The van der Waals surface area contributed by atoms with Crippen LogP contribution in [0.25, 0.3) is 0 Å². The number of hydrogen-bond donors (Lipinski definition) is 3. The minimum absolute atomic E-state index is 0.175. The molecule has 1 atom stereocenters.